The zero-order chi connectivity index (χ0) is 23.8. The van der Waals surface area contributed by atoms with Gasteiger partial charge in [-0.05, 0) is 42.0 Å². The Morgan fingerprint density at radius 2 is 1.76 bits per heavy atom. The van der Waals surface area contributed by atoms with Gasteiger partial charge in [0, 0.05) is 5.56 Å². The number of benzene rings is 3. The average Bonchev–Trinajstić information content (AvgIpc) is 3.04. The molecular weight excluding hydrogens is 482 g/mol. The van der Waals surface area contributed by atoms with E-state index >= 15 is 0 Å². The van der Waals surface area contributed by atoms with Gasteiger partial charge in [-0.3, -0.25) is 4.79 Å². The zero-order valence-corrected chi connectivity index (χ0v) is 19.4. The summed E-state index contributed by atoms with van der Waals surface area (Å²) in [6.45, 7) is 0.281. The highest BCUT2D eigenvalue weighted by molar-refractivity contribution is 7.89. The molecule has 33 heavy (non-hydrogen) atoms. The van der Waals surface area contributed by atoms with Gasteiger partial charge in [-0.25, -0.2) is 18.6 Å². The minimum Gasteiger partial charge on any atom is -0.374 e. The number of rotatable bonds is 5. The number of anilines is 2. The first-order valence-corrected chi connectivity index (χ1v) is 12.0. The highest BCUT2D eigenvalue weighted by Crippen LogP contribution is 2.37. The monoisotopic (exact) mass is 499 g/mol. The largest absolute Gasteiger partial charge is 0.374 e. The number of sulfonamides is 1. The number of nitrogens with zero attached hydrogens (tertiary/aromatic N) is 3. The topological polar surface area (TPSA) is 122 Å². The maximum Gasteiger partial charge on any atom is 0.279 e. The van der Waals surface area contributed by atoms with Crippen molar-refractivity contribution in [1.29, 1.82) is 0 Å². The normalized spacial score (nSPS) is 14.4. The summed E-state index contributed by atoms with van der Waals surface area (Å²) < 4.78 is 23.6. The van der Waals surface area contributed by atoms with Crippen LogP contribution in [-0.4, -0.2) is 25.1 Å². The maximum atomic E-state index is 13.4. The zero-order valence-electron chi connectivity index (χ0n) is 17.1. The molecule has 168 valence electrons. The van der Waals surface area contributed by atoms with E-state index in [1.165, 1.54) is 23.1 Å². The van der Waals surface area contributed by atoms with Crippen LogP contribution in [0.25, 0.3) is 0 Å². The SMILES string of the molecule is NC(=S)N(/N=C1\C(=O)N(Cc2ccccc2)c2c(Cl)cccc21)c1cccc(S(N)(=O)=O)c1. The Morgan fingerprint density at radius 3 is 2.42 bits per heavy atom. The quantitative estimate of drug-likeness (QED) is 0.411. The van der Waals surface area contributed by atoms with Crippen molar-refractivity contribution in [2.75, 3.05) is 9.91 Å². The van der Waals surface area contributed by atoms with E-state index in [1.807, 2.05) is 30.3 Å². The van der Waals surface area contributed by atoms with Crippen LogP contribution >= 0.6 is 23.8 Å². The van der Waals surface area contributed by atoms with E-state index in [-0.39, 0.29) is 28.0 Å². The molecular formula is C22H18ClN5O3S2. The molecule has 0 fully saturated rings. The van der Waals surface area contributed by atoms with Crippen LogP contribution < -0.4 is 20.8 Å². The predicted molar refractivity (Wildman–Crippen MR) is 133 cm³/mol. The Labute approximate surface area is 201 Å². The molecule has 4 N–H and O–H groups in total. The minimum atomic E-state index is -3.97. The van der Waals surface area contributed by atoms with Crippen LogP contribution in [-0.2, 0) is 21.4 Å². The predicted octanol–water partition coefficient (Wildman–Crippen LogP) is 2.99. The van der Waals surface area contributed by atoms with Gasteiger partial charge in [-0.1, -0.05) is 60.1 Å². The molecule has 0 saturated carbocycles. The van der Waals surface area contributed by atoms with Crippen molar-refractivity contribution < 1.29 is 13.2 Å². The fraction of sp³-hybridized carbons (Fsp3) is 0.0455. The molecule has 0 radical (unpaired) electrons. The van der Waals surface area contributed by atoms with E-state index in [9.17, 15) is 13.2 Å². The van der Waals surface area contributed by atoms with Gasteiger partial charge in [0.2, 0.25) is 10.0 Å². The number of para-hydroxylation sites is 1. The van der Waals surface area contributed by atoms with Gasteiger partial charge in [0.25, 0.3) is 5.91 Å². The van der Waals surface area contributed by atoms with Gasteiger partial charge < -0.3 is 10.6 Å². The fourth-order valence-corrected chi connectivity index (χ4v) is 4.44. The number of amides is 1. The summed E-state index contributed by atoms with van der Waals surface area (Å²) in [6, 6.07) is 20.2. The Morgan fingerprint density at radius 1 is 1.06 bits per heavy atom. The Bertz CT molecular complexity index is 1390. The number of hydrogen-bond acceptors (Lipinski definition) is 5. The Kier molecular flexibility index (Phi) is 6.17. The van der Waals surface area contributed by atoms with Crippen LogP contribution in [0, 0.1) is 0 Å². The summed E-state index contributed by atoms with van der Waals surface area (Å²) in [4.78, 5) is 14.8. The molecule has 0 saturated heterocycles. The summed E-state index contributed by atoms with van der Waals surface area (Å²) in [7, 11) is -3.97. The number of carbonyl (C=O) groups excluding carboxylic acids is 1. The molecule has 0 aliphatic carbocycles. The van der Waals surface area contributed by atoms with Gasteiger partial charge in [0.05, 0.1) is 27.8 Å². The third-order valence-electron chi connectivity index (χ3n) is 4.94. The first kappa shape index (κ1) is 22.9. The van der Waals surface area contributed by atoms with Gasteiger partial charge in [0.15, 0.2) is 10.8 Å². The number of nitrogens with two attached hydrogens (primary N) is 2. The van der Waals surface area contributed by atoms with Crippen LogP contribution in [0.1, 0.15) is 11.1 Å². The smallest absolute Gasteiger partial charge is 0.279 e. The highest BCUT2D eigenvalue weighted by Gasteiger charge is 2.36. The van der Waals surface area contributed by atoms with Gasteiger partial charge in [0.1, 0.15) is 0 Å². The first-order valence-electron chi connectivity index (χ1n) is 9.62. The summed E-state index contributed by atoms with van der Waals surface area (Å²) in [5.41, 5.74) is 8.12. The molecule has 11 heteroatoms. The lowest BCUT2D eigenvalue weighted by molar-refractivity contribution is -0.112. The number of hydrogen-bond donors (Lipinski definition) is 2. The molecule has 3 aromatic carbocycles. The lowest BCUT2D eigenvalue weighted by atomic mass is 10.1. The van der Waals surface area contributed by atoms with Crippen molar-refractivity contribution in [3.63, 3.8) is 0 Å². The second-order valence-corrected chi connectivity index (χ2v) is 9.54. The molecule has 0 bridgehead atoms. The Hall–Kier alpha value is -3.31. The lowest BCUT2D eigenvalue weighted by Gasteiger charge is -2.19. The number of primary sulfonamides is 1. The molecule has 1 heterocycles. The molecule has 0 spiro atoms. The van der Waals surface area contributed by atoms with Crippen LogP contribution in [0.3, 0.4) is 0 Å². The molecule has 0 unspecified atom stereocenters. The van der Waals surface area contributed by atoms with Crippen LogP contribution in [0.4, 0.5) is 11.4 Å². The van der Waals surface area contributed by atoms with Crippen LogP contribution in [0.5, 0.6) is 0 Å². The fourth-order valence-electron chi connectivity index (χ4n) is 3.47. The molecule has 1 amide bonds. The van der Waals surface area contributed by atoms with Crippen molar-refractivity contribution in [2.45, 2.75) is 11.4 Å². The standard InChI is InChI=1S/C22H18ClN5O3S2/c23-18-11-5-10-17-19(21(29)27(20(17)18)13-14-6-2-1-3-7-14)26-28(22(24)32)15-8-4-9-16(12-15)33(25,30)31/h1-12H,13H2,(H2,24,32)(H2,25,30,31)/b26-19-. The number of thiocarbonyl (C=S) groups is 1. The van der Waals surface area contributed by atoms with Crippen molar-refractivity contribution in [3.05, 3.63) is 88.9 Å². The van der Waals surface area contributed by atoms with Crippen LogP contribution in [0.2, 0.25) is 5.02 Å². The number of carbonyl (C=O) groups is 1. The van der Waals surface area contributed by atoms with Gasteiger partial charge in [-0.2, -0.15) is 5.10 Å². The molecule has 1 aliphatic heterocycles. The van der Waals surface area contributed by atoms with Crippen molar-refractivity contribution in [3.8, 4) is 0 Å². The molecule has 0 atom stereocenters. The second kappa shape index (κ2) is 8.91. The molecule has 1 aliphatic rings. The van der Waals surface area contributed by atoms with E-state index in [4.69, 9.17) is 34.7 Å². The third kappa shape index (κ3) is 4.60. The van der Waals surface area contributed by atoms with Crippen LogP contribution in [0.15, 0.2) is 82.8 Å². The Balaban J connectivity index is 1.82. The summed E-state index contributed by atoms with van der Waals surface area (Å²) >= 11 is 11.6. The van der Waals surface area contributed by atoms with Crippen molar-refractivity contribution in [1.82, 2.24) is 0 Å². The highest BCUT2D eigenvalue weighted by atomic mass is 35.5. The third-order valence-corrected chi connectivity index (χ3v) is 6.33. The van der Waals surface area contributed by atoms with Crippen molar-refractivity contribution in [2.24, 2.45) is 16.0 Å². The van der Waals surface area contributed by atoms with E-state index in [2.05, 4.69) is 5.10 Å². The number of halogens is 1. The molecule has 0 aromatic heterocycles. The van der Waals surface area contributed by atoms with Gasteiger partial charge >= 0.3 is 0 Å². The van der Waals surface area contributed by atoms with Gasteiger partial charge in [-0.15, -0.1) is 0 Å². The molecule has 4 rings (SSSR count). The average molecular weight is 500 g/mol. The second-order valence-electron chi connectivity index (χ2n) is 7.15. The number of fused-ring (bicyclic) bond motifs is 1. The summed E-state index contributed by atoms with van der Waals surface area (Å²) in [5.74, 6) is -0.397. The van der Waals surface area contributed by atoms with E-state index in [0.29, 0.717) is 16.3 Å². The molecule has 3 aromatic rings. The first-order chi connectivity index (χ1) is 15.7. The lowest BCUT2D eigenvalue weighted by Crippen LogP contribution is -2.35. The summed E-state index contributed by atoms with van der Waals surface area (Å²) in [5, 5.41) is 11.0. The number of hydrazone groups is 1. The van der Waals surface area contributed by atoms with Crippen molar-refractivity contribution >= 4 is 61.9 Å². The molecule has 8 nitrogen and oxygen atoms in total. The van der Waals surface area contributed by atoms with E-state index < -0.39 is 15.9 Å². The summed E-state index contributed by atoms with van der Waals surface area (Å²) in [6.07, 6.45) is 0. The van der Waals surface area contributed by atoms with E-state index in [1.54, 1.807) is 24.3 Å². The maximum absolute atomic E-state index is 13.4. The minimum absolute atomic E-state index is 0.0669. The van der Waals surface area contributed by atoms with E-state index in [0.717, 1.165) is 10.6 Å².